The van der Waals surface area contributed by atoms with Gasteiger partial charge < -0.3 is 0 Å². The molecule has 92 valence electrons. The van der Waals surface area contributed by atoms with Gasteiger partial charge in [-0.05, 0) is 17.7 Å². The highest BCUT2D eigenvalue weighted by Crippen LogP contribution is 2.10. The molecular formula is C11H13ClN2O2S. The van der Waals surface area contributed by atoms with E-state index in [2.05, 4.69) is 0 Å². The number of rotatable bonds is 5. The van der Waals surface area contributed by atoms with E-state index in [1.807, 2.05) is 6.07 Å². The lowest BCUT2D eigenvalue weighted by Gasteiger charge is -2.16. The Morgan fingerprint density at radius 3 is 2.76 bits per heavy atom. The van der Waals surface area contributed by atoms with Crippen LogP contribution in [0.4, 0.5) is 0 Å². The zero-order valence-electron chi connectivity index (χ0n) is 9.43. The number of hydrogen-bond acceptors (Lipinski definition) is 3. The van der Waals surface area contributed by atoms with Gasteiger partial charge in [-0.25, -0.2) is 12.7 Å². The highest BCUT2D eigenvalue weighted by molar-refractivity contribution is 7.89. The molecule has 0 aromatic heterocycles. The third-order valence-corrected chi connectivity index (χ3v) is 4.48. The second-order valence-corrected chi connectivity index (χ2v) is 6.15. The van der Waals surface area contributed by atoms with Gasteiger partial charge in [-0.1, -0.05) is 12.1 Å². The molecule has 0 atom stereocenters. The predicted molar refractivity (Wildman–Crippen MR) is 67.1 cm³/mol. The molecule has 1 aromatic rings. The zero-order chi connectivity index (χ0) is 12.9. The molecule has 0 aliphatic heterocycles. The Hall–Kier alpha value is -1.09. The van der Waals surface area contributed by atoms with E-state index in [9.17, 15) is 8.42 Å². The lowest BCUT2D eigenvalue weighted by molar-refractivity contribution is 0.468. The van der Waals surface area contributed by atoms with Gasteiger partial charge in [0.1, 0.15) is 0 Å². The van der Waals surface area contributed by atoms with Crippen LogP contribution in [0.5, 0.6) is 0 Å². The largest absolute Gasteiger partial charge is 0.215 e. The fourth-order valence-electron chi connectivity index (χ4n) is 1.35. The van der Waals surface area contributed by atoms with Gasteiger partial charge in [-0.15, -0.1) is 11.6 Å². The van der Waals surface area contributed by atoms with Crippen LogP contribution in [0.25, 0.3) is 0 Å². The molecule has 0 spiro atoms. The van der Waals surface area contributed by atoms with E-state index >= 15 is 0 Å². The van der Waals surface area contributed by atoms with Crippen LogP contribution in [0, 0.1) is 11.3 Å². The van der Waals surface area contributed by atoms with Gasteiger partial charge in [0.15, 0.2) is 0 Å². The summed E-state index contributed by atoms with van der Waals surface area (Å²) >= 11 is 5.43. The van der Waals surface area contributed by atoms with Crippen molar-refractivity contribution in [1.29, 1.82) is 5.26 Å². The van der Waals surface area contributed by atoms with Crippen molar-refractivity contribution in [2.75, 3.05) is 18.7 Å². The topological polar surface area (TPSA) is 61.2 Å². The Balaban J connectivity index is 2.81. The molecule has 0 radical (unpaired) electrons. The van der Waals surface area contributed by atoms with E-state index in [4.69, 9.17) is 16.9 Å². The summed E-state index contributed by atoms with van der Waals surface area (Å²) < 4.78 is 24.6. The first kappa shape index (κ1) is 14.0. The molecule has 4 nitrogen and oxygen atoms in total. The molecule has 0 saturated carbocycles. The van der Waals surface area contributed by atoms with Crippen molar-refractivity contribution in [1.82, 2.24) is 4.31 Å². The molecule has 0 amide bonds. The average molecular weight is 273 g/mol. The summed E-state index contributed by atoms with van der Waals surface area (Å²) in [5.41, 5.74) is 1.30. The van der Waals surface area contributed by atoms with E-state index in [0.717, 1.165) is 5.56 Å². The van der Waals surface area contributed by atoms with Gasteiger partial charge in [0.05, 0.1) is 17.4 Å². The van der Waals surface area contributed by atoms with E-state index in [1.54, 1.807) is 24.3 Å². The Kier molecular flexibility index (Phi) is 4.94. The molecule has 0 bridgehead atoms. The lowest BCUT2D eigenvalue weighted by atomic mass is 10.1. The average Bonchev–Trinajstić information content (AvgIpc) is 2.29. The monoisotopic (exact) mass is 272 g/mol. The van der Waals surface area contributed by atoms with Gasteiger partial charge in [-0.2, -0.15) is 5.26 Å². The summed E-state index contributed by atoms with van der Waals surface area (Å²) in [6.45, 7) is 0.245. The second-order valence-electron chi connectivity index (χ2n) is 3.57. The maximum Gasteiger partial charge on any atom is 0.215 e. The Morgan fingerprint density at radius 2 is 2.18 bits per heavy atom. The number of nitriles is 1. The van der Waals surface area contributed by atoms with Crippen molar-refractivity contribution in [2.24, 2.45) is 0 Å². The smallest absolute Gasteiger partial charge is 0.212 e. The second kappa shape index (κ2) is 6.01. The van der Waals surface area contributed by atoms with Crippen molar-refractivity contribution in [3.63, 3.8) is 0 Å². The van der Waals surface area contributed by atoms with Gasteiger partial charge in [0.2, 0.25) is 10.0 Å². The minimum absolute atomic E-state index is 0.0743. The van der Waals surface area contributed by atoms with Crippen LogP contribution in [0.2, 0.25) is 0 Å². The molecule has 0 saturated heterocycles. The zero-order valence-corrected chi connectivity index (χ0v) is 11.0. The summed E-state index contributed by atoms with van der Waals surface area (Å²) in [6, 6.07) is 8.88. The normalized spacial score (nSPS) is 11.4. The van der Waals surface area contributed by atoms with Crippen LogP contribution in [0.1, 0.15) is 11.1 Å². The molecule has 0 heterocycles. The molecule has 0 unspecified atom stereocenters. The van der Waals surface area contributed by atoms with Crippen LogP contribution in [-0.4, -0.2) is 31.4 Å². The first-order valence-corrected chi connectivity index (χ1v) is 7.13. The molecule has 0 aliphatic rings. The SMILES string of the molecule is CN(Cc1cccc(C#N)c1)S(=O)(=O)CCCl. The highest BCUT2D eigenvalue weighted by Gasteiger charge is 2.17. The van der Waals surface area contributed by atoms with E-state index in [-0.39, 0.29) is 18.2 Å². The summed E-state index contributed by atoms with van der Waals surface area (Å²) in [4.78, 5) is 0. The number of hydrogen-bond donors (Lipinski definition) is 0. The summed E-state index contributed by atoms with van der Waals surface area (Å²) in [6.07, 6.45) is 0. The van der Waals surface area contributed by atoms with Crippen LogP contribution in [0.15, 0.2) is 24.3 Å². The maximum absolute atomic E-state index is 11.7. The van der Waals surface area contributed by atoms with Crippen molar-refractivity contribution in [3.8, 4) is 6.07 Å². The fourth-order valence-corrected chi connectivity index (χ4v) is 2.79. The van der Waals surface area contributed by atoms with E-state index in [1.165, 1.54) is 11.4 Å². The molecule has 1 rings (SSSR count). The highest BCUT2D eigenvalue weighted by atomic mass is 35.5. The van der Waals surface area contributed by atoms with Gasteiger partial charge in [0.25, 0.3) is 0 Å². The van der Waals surface area contributed by atoms with Crippen LogP contribution in [-0.2, 0) is 16.6 Å². The van der Waals surface area contributed by atoms with Crippen LogP contribution in [0.3, 0.4) is 0 Å². The van der Waals surface area contributed by atoms with Gasteiger partial charge >= 0.3 is 0 Å². The van der Waals surface area contributed by atoms with Crippen molar-refractivity contribution in [2.45, 2.75) is 6.54 Å². The minimum Gasteiger partial charge on any atom is -0.212 e. The first-order valence-electron chi connectivity index (χ1n) is 4.98. The van der Waals surface area contributed by atoms with Crippen LogP contribution < -0.4 is 0 Å². The summed E-state index contributed by atoms with van der Waals surface area (Å²) in [5, 5.41) is 8.74. The number of benzene rings is 1. The Morgan fingerprint density at radius 1 is 1.47 bits per heavy atom. The maximum atomic E-state index is 11.7. The van der Waals surface area contributed by atoms with Gasteiger partial charge in [0, 0.05) is 19.5 Å². The molecule has 0 fully saturated rings. The van der Waals surface area contributed by atoms with Crippen molar-refractivity contribution in [3.05, 3.63) is 35.4 Å². The molecule has 6 heteroatoms. The van der Waals surface area contributed by atoms with E-state index in [0.29, 0.717) is 5.56 Å². The molecule has 0 N–H and O–H groups in total. The third kappa shape index (κ3) is 4.00. The molecular weight excluding hydrogens is 260 g/mol. The summed E-state index contributed by atoms with van der Waals surface area (Å²) in [7, 11) is -1.81. The first-order chi connectivity index (χ1) is 7.99. The lowest BCUT2D eigenvalue weighted by Crippen LogP contribution is -2.29. The van der Waals surface area contributed by atoms with Crippen molar-refractivity contribution < 1.29 is 8.42 Å². The summed E-state index contributed by atoms with van der Waals surface area (Å²) in [5.74, 6) is -0.00605. The standard InChI is InChI=1S/C11H13ClN2O2S/c1-14(17(15,16)6-5-12)9-11-4-2-3-10(7-11)8-13/h2-4,7H,5-6,9H2,1H3. The Bertz CT molecular complexity index is 523. The van der Waals surface area contributed by atoms with Crippen molar-refractivity contribution >= 4 is 21.6 Å². The number of halogens is 1. The Labute approximate surface area is 106 Å². The molecule has 0 aliphatic carbocycles. The molecule has 1 aromatic carbocycles. The number of sulfonamides is 1. The quantitative estimate of drug-likeness (QED) is 0.764. The fraction of sp³-hybridized carbons (Fsp3) is 0.364. The van der Waals surface area contributed by atoms with Gasteiger partial charge in [-0.3, -0.25) is 0 Å². The van der Waals surface area contributed by atoms with Crippen LogP contribution >= 0.6 is 11.6 Å². The molecule has 17 heavy (non-hydrogen) atoms. The third-order valence-electron chi connectivity index (χ3n) is 2.27. The van der Waals surface area contributed by atoms with E-state index < -0.39 is 10.0 Å². The number of nitrogens with zero attached hydrogens (tertiary/aromatic N) is 2. The minimum atomic E-state index is -3.31. The number of alkyl halides is 1. The predicted octanol–water partition coefficient (Wildman–Crippen LogP) is 1.56.